The van der Waals surface area contributed by atoms with Gasteiger partial charge in [0.1, 0.15) is 11.4 Å². The summed E-state index contributed by atoms with van der Waals surface area (Å²) in [5, 5.41) is 4.02. The summed E-state index contributed by atoms with van der Waals surface area (Å²) in [4.78, 5) is 8.31. The fourth-order valence-corrected chi connectivity index (χ4v) is 1.98. The minimum Gasteiger partial charge on any atom is -0.494 e. The van der Waals surface area contributed by atoms with Crippen molar-refractivity contribution in [1.29, 1.82) is 0 Å². The van der Waals surface area contributed by atoms with Gasteiger partial charge in [-0.15, -0.1) is 0 Å². The van der Waals surface area contributed by atoms with Crippen LogP contribution in [0.4, 0.5) is 5.88 Å². The van der Waals surface area contributed by atoms with Gasteiger partial charge in [0.25, 0.3) is 0 Å². The molecule has 6 nitrogen and oxygen atoms in total. The van der Waals surface area contributed by atoms with Crippen LogP contribution in [0.1, 0.15) is 0 Å². The summed E-state index contributed by atoms with van der Waals surface area (Å²) >= 11 is 0. The number of hydrogen-bond donors (Lipinski definition) is 1. The molecule has 2 N–H and O–H groups in total. The van der Waals surface area contributed by atoms with E-state index in [9.17, 15) is 0 Å². The number of hydrogen-bond acceptors (Lipinski definition) is 6. The van der Waals surface area contributed by atoms with Gasteiger partial charge in [0, 0.05) is 18.0 Å². The summed E-state index contributed by atoms with van der Waals surface area (Å²) in [5.74, 6) is 0.815. The number of nitrogens with zero attached hydrogens (tertiary/aromatic N) is 3. The number of aromatic nitrogens is 3. The number of rotatable bonds is 3. The first-order valence-electron chi connectivity index (χ1n) is 5.96. The normalized spacial score (nSPS) is 10.4. The largest absolute Gasteiger partial charge is 0.494 e. The fourth-order valence-electron chi connectivity index (χ4n) is 1.98. The van der Waals surface area contributed by atoms with E-state index in [0.717, 1.165) is 5.56 Å². The standard InChI is InChI=1S/C14H12N4O2/c1-19-11-8-16-7-5-9(11)13-12(14(15)20-18-13)10-4-2-3-6-17-10/h2-8H,15H2,1H3. The van der Waals surface area contributed by atoms with Gasteiger partial charge >= 0.3 is 0 Å². The summed E-state index contributed by atoms with van der Waals surface area (Å²) in [6.07, 6.45) is 4.96. The zero-order valence-corrected chi connectivity index (χ0v) is 10.8. The number of methoxy groups -OCH3 is 1. The topological polar surface area (TPSA) is 87.1 Å². The third-order valence-electron chi connectivity index (χ3n) is 2.90. The molecule has 0 fully saturated rings. The highest BCUT2D eigenvalue weighted by atomic mass is 16.5. The van der Waals surface area contributed by atoms with Gasteiger partial charge in [-0.1, -0.05) is 11.2 Å². The molecule has 3 aromatic heterocycles. The average Bonchev–Trinajstić information content (AvgIpc) is 2.89. The minimum atomic E-state index is 0.220. The molecule has 0 amide bonds. The Kier molecular flexibility index (Phi) is 3.04. The molecule has 0 atom stereocenters. The van der Waals surface area contributed by atoms with E-state index in [0.29, 0.717) is 22.7 Å². The second kappa shape index (κ2) is 5.00. The fraction of sp³-hybridized carbons (Fsp3) is 0.0714. The zero-order valence-electron chi connectivity index (χ0n) is 10.8. The van der Waals surface area contributed by atoms with E-state index < -0.39 is 0 Å². The van der Waals surface area contributed by atoms with Crippen LogP contribution in [0.3, 0.4) is 0 Å². The molecule has 100 valence electrons. The van der Waals surface area contributed by atoms with Gasteiger partial charge in [-0.25, -0.2) is 0 Å². The second-order valence-corrected chi connectivity index (χ2v) is 4.06. The molecule has 3 rings (SSSR count). The van der Waals surface area contributed by atoms with Crippen molar-refractivity contribution in [3.63, 3.8) is 0 Å². The van der Waals surface area contributed by atoms with Crippen LogP contribution in [0.15, 0.2) is 47.4 Å². The number of ether oxygens (including phenoxy) is 1. The average molecular weight is 268 g/mol. The van der Waals surface area contributed by atoms with Gasteiger partial charge in [-0.05, 0) is 18.2 Å². The molecule has 0 spiro atoms. The van der Waals surface area contributed by atoms with Crippen molar-refractivity contribution >= 4 is 5.88 Å². The molecule has 0 saturated carbocycles. The van der Waals surface area contributed by atoms with Gasteiger partial charge < -0.3 is 15.0 Å². The maximum absolute atomic E-state index is 5.88. The third-order valence-corrected chi connectivity index (χ3v) is 2.90. The SMILES string of the molecule is COc1cnccc1-c1noc(N)c1-c1ccccn1. The van der Waals surface area contributed by atoms with Crippen molar-refractivity contribution in [2.45, 2.75) is 0 Å². The first kappa shape index (κ1) is 12.2. The Morgan fingerprint density at radius 1 is 1.20 bits per heavy atom. The van der Waals surface area contributed by atoms with Crippen LogP contribution < -0.4 is 10.5 Å². The Hall–Kier alpha value is -2.89. The Labute approximate surface area is 115 Å². The highest BCUT2D eigenvalue weighted by molar-refractivity contribution is 5.87. The first-order valence-corrected chi connectivity index (χ1v) is 5.96. The molecule has 3 heterocycles. The number of pyridine rings is 2. The van der Waals surface area contributed by atoms with Gasteiger partial charge in [0.15, 0.2) is 0 Å². The lowest BCUT2D eigenvalue weighted by Gasteiger charge is -2.06. The maximum Gasteiger partial charge on any atom is 0.232 e. The molecule has 0 radical (unpaired) electrons. The van der Waals surface area contributed by atoms with Crippen molar-refractivity contribution < 1.29 is 9.26 Å². The van der Waals surface area contributed by atoms with Crippen LogP contribution in [0, 0.1) is 0 Å². The van der Waals surface area contributed by atoms with E-state index in [1.807, 2.05) is 18.2 Å². The van der Waals surface area contributed by atoms with Crippen LogP contribution in [0.2, 0.25) is 0 Å². The molecule has 0 aromatic carbocycles. The minimum absolute atomic E-state index is 0.220. The highest BCUT2D eigenvalue weighted by Gasteiger charge is 2.20. The van der Waals surface area contributed by atoms with E-state index in [2.05, 4.69) is 15.1 Å². The van der Waals surface area contributed by atoms with Gasteiger partial charge in [-0.2, -0.15) is 0 Å². The van der Waals surface area contributed by atoms with E-state index >= 15 is 0 Å². The van der Waals surface area contributed by atoms with Crippen molar-refractivity contribution in [3.8, 4) is 28.3 Å². The Balaban J connectivity index is 2.22. The highest BCUT2D eigenvalue weighted by Crippen LogP contribution is 2.38. The molecule has 20 heavy (non-hydrogen) atoms. The second-order valence-electron chi connectivity index (χ2n) is 4.06. The molecule has 0 aliphatic rings. The summed E-state index contributed by atoms with van der Waals surface area (Å²) in [5.41, 5.74) is 8.56. The van der Waals surface area contributed by atoms with Crippen LogP contribution in [0.25, 0.3) is 22.5 Å². The van der Waals surface area contributed by atoms with E-state index in [-0.39, 0.29) is 5.88 Å². The summed E-state index contributed by atoms with van der Waals surface area (Å²) in [6.45, 7) is 0. The number of anilines is 1. The maximum atomic E-state index is 5.88. The summed E-state index contributed by atoms with van der Waals surface area (Å²) < 4.78 is 10.4. The Morgan fingerprint density at radius 2 is 2.10 bits per heavy atom. The van der Waals surface area contributed by atoms with Crippen LogP contribution >= 0.6 is 0 Å². The Morgan fingerprint density at radius 3 is 2.85 bits per heavy atom. The van der Waals surface area contributed by atoms with Crippen LogP contribution in [-0.2, 0) is 0 Å². The predicted molar refractivity (Wildman–Crippen MR) is 73.9 cm³/mol. The molecule has 6 heteroatoms. The molecule has 0 aliphatic carbocycles. The molecule has 0 aliphatic heterocycles. The molecule has 0 unspecified atom stereocenters. The summed E-state index contributed by atoms with van der Waals surface area (Å²) in [7, 11) is 1.57. The van der Waals surface area contributed by atoms with Crippen molar-refractivity contribution in [1.82, 2.24) is 15.1 Å². The number of nitrogen functional groups attached to an aromatic ring is 1. The lowest BCUT2D eigenvalue weighted by molar-refractivity contribution is 0.412. The molecule has 0 saturated heterocycles. The molecule has 0 bridgehead atoms. The third kappa shape index (κ3) is 1.97. The van der Waals surface area contributed by atoms with E-state index in [4.69, 9.17) is 15.0 Å². The predicted octanol–water partition coefficient (Wildman–Crippen LogP) is 2.39. The van der Waals surface area contributed by atoms with Crippen LogP contribution in [-0.4, -0.2) is 22.2 Å². The molecular weight excluding hydrogens is 256 g/mol. The lowest BCUT2D eigenvalue weighted by atomic mass is 10.1. The van der Waals surface area contributed by atoms with Crippen molar-refractivity contribution in [3.05, 3.63) is 42.9 Å². The smallest absolute Gasteiger partial charge is 0.232 e. The van der Waals surface area contributed by atoms with Crippen LogP contribution in [0.5, 0.6) is 5.75 Å². The van der Waals surface area contributed by atoms with Gasteiger partial charge in [0.2, 0.25) is 5.88 Å². The first-order chi connectivity index (χ1) is 9.81. The monoisotopic (exact) mass is 268 g/mol. The Bertz CT molecular complexity index is 725. The van der Waals surface area contributed by atoms with E-state index in [1.165, 1.54) is 0 Å². The molecular formula is C14H12N4O2. The summed E-state index contributed by atoms with van der Waals surface area (Å²) in [6, 6.07) is 7.35. The molecule has 3 aromatic rings. The van der Waals surface area contributed by atoms with Crippen molar-refractivity contribution in [2.24, 2.45) is 0 Å². The number of nitrogens with two attached hydrogens (primary N) is 1. The van der Waals surface area contributed by atoms with E-state index in [1.54, 1.807) is 31.8 Å². The zero-order chi connectivity index (χ0) is 13.9. The quantitative estimate of drug-likeness (QED) is 0.784. The van der Waals surface area contributed by atoms with Gasteiger partial charge in [0.05, 0.1) is 24.6 Å². The lowest BCUT2D eigenvalue weighted by Crippen LogP contribution is -1.93. The van der Waals surface area contributed by atoms with Gasteiger partial charge in [-0.3, -0.25) is 9.97 Å². The van der Waals surface area contributed by atoms with Crippen molar-refractivity contribution in [2.75, 3.05) is 12.8 Å².